The van der Waals surface area contributed by atoms with Crippen LogP contribution in [-0.4, -0.2) is 40.3 Å². The average molecular weight is 516 g/mol. The Hall–Kier alpha value is -5.56. The Morgan fingerprint density at radius 2 is 1.82 bits per heavy atom. The van der Waals surface area contributed by atoms with Crippen molar-refractivity contribution in [3.8, 4) is 23.1 Å². The highest BCUT2D eigenvalue weighted by molar-refractivity contribution is 5.96. The second-order valence-corrected chi connectivity index (χ2v) is 8.60. The number of anilines is 1. The molecule has 0 aliphatic heterocycles. The first kappa shape index (κ1) is 25.1. The van der Waals surface area contributed by atoms with E-state index >= 15 is 0 Å². The molecule has 192 valence electrons. The van der Waals surface area contributed by atoms with Crippen LogP contribution in [0, 0.1) is 11.8 Å². The summed E-state index contributed by atoms with van der Waals surface area (Å²) >= 11 is 0. The number of aryl methyl sites for hydroxylation is 2. The number of pyridine rings is 2. The summed E-state index contributed by atoms with van der Waals surface area (Å²) in [5.74, 6) is 5.86. The van der Waals surface area contributed by atoms with E-state index in [-0.39, 0.29) is 11.5 Å². The highest BCUT2D eigenvalue weighted by Crippen LogP contribution is 2.26. The number of carbonyl (C=O) groups excluding carboxylic acids is 1. The molecule has 10 heteroatoms. The molecule has 39 heavy (non-hydrogen) atoms. The number of nitrogens with two attached hydrogens (primary N) is 2. The molecule has 1 aromatic carbocycles. The lowest BCUT2D eigenvalue weighted by Gasteiger charge is -2.10. The van der Waals surface area contributed by atoms with Crippen LogP contribution in [0.2, 0.25) is 0 Å². The van der Waals surface area contributed by atoms with Crippen LogP contribution in [0.15, 0.2) is 79.4 Å². The molecule has 0 aliphatic carbocycles. The second kappa shape index (κ2) is 10.8. The molecule has 0 unspecified atom stereocenters. The van der Waals surface area contributed by atoms with Gasteiger partial charge in [-0.3, -0.25) is 14.5 Å². The van der Waals surface area contributed by atoms with Gasteiger partial charge in [-0.15, -0.1) is 0 Å². The highest BCUT2D eigenvalue weighted by Gasteiger charge is 2.14. The molecule has 1 amide bonds. The molecule has 5 heterocycles. The van der Waals surface area contributed by atoms with Gasteiger partial charge < -0.3 is 11.5 Å². The lowest BCUT2D eigenvalue weighted by Crippen LogP contribution is -2.16. The summed E-state index contributed by atoms with van der Waals surface area (Å²) in [6.45, 7) is 2.14. The summed E-state index contributed by atoms with van der Waals surface area (Å²) < 4.78 is 3.06. The van der Waals surface area contributed by atoms with Crippen LogP contribution in [-0.2, 0) is 13.5 Å². The molecule has 0 fully saturated rings. The molecule has 0 atom stereocenters. The summed E-state index contributed by atoms with van der Waals surface area (Å²) in [7, 11) is 1.88. The minimum Gasteiger partial charge on any atom is -0.382 e. The van der Waals surface area contributed by atoms with Crippen molar-refractivity contribution in [3.63, 3.8) is 0 Å². The van der Waals surface area contributed by atoms with Crippen molar-refractivity contribution in [1.29, 1.82) is 0 Å². The van der Waals surface area contributed by atoms with Gasteiger partial charge in [0.1, 0.15) is 5.52 Å². The molecule has 6 rings (SSSR count). The number of primary amides is 1. The van der Waals surface area contributed by atoms with Gasteiger partial charge in [0, 0.05) is 31.2 Å². The number of imidazole rings is 1. The van der Waals surface area contributed by atoms with Crippen LogP contribution < -0.4 is 11.5 Å². The van der Waals surface area contributed by atoms with E-state index in [1.165, 1.54) is 16.3 Å². The van der Waals surface area contributed by atoms with Gasteiger partial charge in [-0.05, 0) is 36.2 Å². The van der Waals surface area contributed by atoms with E-state index in [1.807, 2.05) is 37.5 Å². The number of carbonyl (C=O) groups is 1. The summed E-state index contributed by atoms with van der Waals surface area (Å²) in [4.78, 5) is 24.3. The normalized spacial score (nSPS) is 10.5. The molecule has 4 N–H and O–H groups in total. The first-order valence-corrected chi connectivity index (χ1v) is 12.2. The fourth-order valence-electron chi connectivity index (χ4n) is 4.09. The number of hydrogen-bond acceptors (Lipinski definition) is 7. The smallest absolute Gasteiger partial charge is 0.271 e. The maximum Gasteiger partial charge on any atom is 0.271 e. The topological polar surface area (TPSA) is 143 Å². The lowest BCUT2D eigenvalue weighted by atomic mass is 10.0. The van der Waals surface area contributed by atoms with Gasteiger partial charge >= 0.3 is 0 Å². The standard InChI is InChI=1S/C22H18N4.C7H7N5O/c1-3-17-13-20-22(25-21(17)18-7-5-4-6-8-18)19(11-12-23-20)10-9-16-14-24-26(2)15-16;8-6-5(7(9)13)12-4(11-6)2-1-3-10-12/h4-8,11-15H,3H2,1-2H3;1-3H,8H2,(H2,9,13). The largest absolute Gasteiger partial charge is 0.382 e. The molecular formula is C29H25N9O. The van der Waals surface area contributed by atoms with Crippen LogP contribution in [0.25, 0.3) is 27.9 Å². The highest BCUT2D eigenvalue weighted by atomic mass is 16.1. The van der Waals surface area contributed by atoms with Crippen molar-refractivity contribution < 1.29 is 4.79 Å². The van der Waals surface area contributed by atoms with E-state index in [4.69, 9.17) is 16.5 Å². The fraction of sp³-hybridized carbons (Fsp3) is 0.103. The molecule has 10 nitrogen and oxygen atoms in total. The van der Waals surface area contributed by atoms with Gasteiger partial charge in [0.15, 0.2) is 17.2 Å². The van der Waals surface area contributed by atoms with Crippen LogP contribution in [0.5, 0.6) is 0 Å². The quantitative estimate of drug-likeness (QED) is 0.344. The maximum atomic E-state index is 10.9. The molecule has 6 aromatic rings. The third-order valence-corrected chi connectivity index (χ3v) is 5.92. The van der Waals surface area contributed by atoms with E-state index in [0.29, 0.717) is 5.65 Å². The minimum absolute atomic E-state index is 0.103. The Labute approximate surface area is 224 Å². The molecule has 0 saturated heterocycles. The van der Waals surface area contributed by atoms with Gasteiger partial charge in [0.25, 0.3) is 5.91 Å². The third-order valence-electron chi connectivity index (χ3n) is 5.92. The number of rotatable bonds is 3. The first-order valence-electron chi connectivity index (χ1n) is 12.2. The van der Waals surface area contributed by atoms with E-state index in [9.17, 15) is 4.79 Å². The van der Waals surface area contributed by atoms with Gasteiger partial charge in [0.2, 0.25) is 0 Å². The Balaban J connectivity index is 0.000000198. The first-order chi connectivity index (χ1) is 18.9. The van der Waals surface area contributed by atoms with Gasteiger partial charge in [-0.2, -0.15) is 10.2 Å². The van der Waals surface area contributed by atoms with Gasteiger partial charge in [-0.1, -0.05) is 49.1 Å². The molecule has 0 saturated carbocycles. The fourth-order valence-corrected chi connectivity index (χ4v) is 4.09. The Morgan fingerprint density at radius 1 is 1.00 bits per heavy atom. The molecule has 0 spiro atoms. The number of aromatic nitrogens is 7. The molecule has 0 bridgehead atoms. The zero-order chi connectivity index (χ0) is 27.4. The summed E-state index contributed by atoms with van der Waals surface area (Å²) in [6, 6.07) is 17.7. The minimum atomic E-state index is -0.635. The zero-order valence-electron chi connectivity index (χ0n) is 21.4. The van der Waals surface area contributed by atoms with Crippen molar-refractivity contribution >= 4 is 28.4 Å². The summed E-state index contributed by atoms with van der Waals surface area (Å²) in [5.41, 5.74) is 18.0. The second-order valence-electron chi connectivity index (χ2n) is 8.60. The summed E-state index contributed by atoms with van der Waals surface area (Å²) in [6.07, 6.45) is 7.88. The van der Waals surface area contributed by atoms with Gasteiger partial charge in [-0.25, -0.2) is 14.5 Å². The van der Waals surface area contributed by atoms with E-state index < -0.39 is 5.91 Å². The average Bonchev–Trinajstić information content (AvgIpc) is 3.53. The predicted octanol–water partition coefficient (Wildman–Crippen LogP) is 3.40. The van der Waals surface area contributed by atoms with Crippen LogP contribution in [0.1, 0.15) is 34.1 Å². The Kier molecular flexibility index (Phi) is 6.96. The van der Waals surface area contributed by atoms with Crippen LogP contribution >= 0.6 is 0 Å². The maximum absolute atomic E-state index is 10.9. The molecular weight excluding hydrogens is 490 g/mol. The number of nitrogen functional groups attached to an aromatic ring is 1. The van der Waals surface area contributed by atoms with Crippen LogP contribution in [0.4, 0.5) is 5.82 Å². The van der Waals surface area contributed by atoms with E-state index in [2.05, 4.69) is 57.1 Å². The number of benzene rings is 1. The number of fused-ring (bicyclic) bond motifs is 2. The number of nitrogens with zero attached hydrogens (tertiary/aromatic N) is 7. The molecule has 0 aliphatic rings. The van der Waals surface area contributed by atoms with Crippen molar-refractivity contribution in [2.75, 3.05) is 5.73 Å². The van der Waals surface area contributed by atoms with Crippen molar-refractivity contribution in [1.82, 2.24) is 34.3 Å². The number of amides is 1. The van der Waals surface area contributed by atoms with Crippen molar-refractivity contribution in [3.05, 3.63) is 102 Å². The van der Waals surface area contributed by atoms with Crippen molar-refractivity contribution in [2.45, 2.75) is 13.3 Å². The van der Waals surface area contributed by atoms with E-state index in [0.717, 1.165) is 39.8 Å². The molecule has 0 radical (unpaired) electrons. The monoisotopic (exact) mass is 515 g/mol. The van der Waals surface area contributed by atoms with Crippen LogP contribution in [0.3, 0.4) is 0 Å². The van der Waals surface area contributed by atoms with Gasteiger partial charge in [0.05, 0.1) is 28.5 Å². The van der Waals surface area contributed by atoms with E-state index in [1.54, 1.807) is 29.2 Å². The van der Waals surface area contributed by atoms with Crippen molar-refractivity contribution in [2.24, 2.45) is 12.8 Å². The summed E-state index contributed by atoms with van der Waals surface area (Å²) in [5, 5.41) is 8.05. The Bertz CT molecular complexity index is 1860. The Morgan fingerprint density at radius 3 is 2.54 bits per heavy atom. The third kappa shape index (κ3) is 5.28. The lowest BCUT2D eigenvalue weighted by molar-refractivity contribution is 0.0994. The number of hydrogen-bond donors (Lipinski definition) is 2. The predicted molar refractivity (Wildman–Crippen MR) is 149 cm³/mol. The molecule has 5 aromatic heterocycles. The SMILES string of the molecule is CCc1cc2nccc(C#Cc3cnn(C)c3)c2nc1-c1ccccc1.NC(=O)c1c(N)nc2cccnn12. The zero-order valence-corrected chi connectivity index (χ0v) is 21.4.